The molecule has 1 aromatic rings. The molecule has 110 valence electrons. The number of amides is 1. The van der Waals surface area contributed by atoms with Crippen LogP contribution in [0.1, 0.15) is 31.7 Å². The first-order chi connectivity index (χ1) is 9.74. The normalized spacial score (nSPS) is 18.9. The third-order valence-corrected chi connectivity index (χ3v) is 3.91. The lowest BCUT2D eigenvalue weighted by Gasteiger charge is -2.34. The van der Waals surface area contributed by atoms with Crippen LogP contribution >= 0.6 is 0 Å². The van der Waals surface area contributed by atoms with E-state index >= 15 is 0 Å². The molecule has 0 spiro atoms. The van der Waals surface area contributed by atoms with Crippen LogP contribution in [0.15, 0.2) is 24.3 Å². The van der Waals surface area contributed by atoms with Crippen molar-refractivity contribution in [3.05, 3.63) is 29.8 Å². The third-order valence-electron chi connectivity index (χ3n) is 3.91. The highest BCUT2D eigenvalue weighted by Crippen LogP contribution is 2.17. The van der Waals surface area contributed by atoms with Gasteiger partial charge in [-0.05, 0) is 43.4 Å². The van der Waals surface area contributed by atoms with Crippen LogP contribution < -0.4 is 10.5 Å². The number of hydrogen-bond donors (Lipinski definition) is 1. The maximum atomic E-state index is 12.2. The molecule has 1 atom stereocenters. The summed E-state index contributed by atoms with van der Waals surface area (Å²) >= 11 is 0. The highest BCUT2D eigenvalue weighted by molar-refractivity contribution is 5.78. The highest BCUT2D eigenvalue weighted by Gasteiger charge is 2.25. The van der Waals surface area contributed by atoms with Gasteiger partial charge in [-0.3, -0.25) is 4.79 Å². The predicted octanol–water partition coefficient (Wildman–Crippen LogP) is 1.97. The largest absolute Gasteiger partial charge is 0.484 e. The van der Waals surface area contributed by atoms with Gasteiger partial charge in [-0.15, -0.1) is 0 Å². The Balaban J connectivity index is 1.87. The van der Waals surface area contributed by atoms with Crippen molar-refractivity contribution < 1.29 is 9.53 Å². The van der Waals surface area contributed by atoms with Gasteiger partial charge in [0, 0.05) is 19.1 Å². The third kappa shape index (κ3) is 3.73. The number of benzene rings is 1. The SMILES string of the molecule is CCc1ccc(OCC(=O)N2CCCCC2CN)cc1. The predicted molar refractivity (Wildman–Crippen MR) is 79.7 cm³/mol. The summed E-state index contributed by atoms with van der Waals surface area (Å²) < 4.78 is 5.58. The van der Waals surface area contributed by atoms with E-state index in [2.05, 4.69) is 6.92 Å². The second-order valence-electron chi connectivity index (χ2n) is 5.26. The smallest absolute Gasteiger partial charge is 0.260 e. The van der Waals surface area contributed by atoms with Crippen LogP contribution in [0.5, 0.6) is 5.75 Å². The highest BCUT2D eigenvalue weighted by atomic mass is 16.5. The molecule has 1 aliphatic rings. The van der Waals surface area contributed by atoms with Crippen LogP contribution in [0.3, 0.4) is 0 Å². The number of rotatable bonds is 5. The molecule has 1 aromatic carbocycles. The first-order valence-corrected chi connectivity index (χ1v) is 7.46. The Morgan fingerprint density at radius 2 is 2.10 bits per heavy atom. The van der Waals surface area contributed by atoms with Crippen molar-refractivity contribution in [3.63, 3.8) is 0 Å². The Morgan fingerprint density at radius 1 is 1.35 bits per heavy atom. The number of nitrogens with zero attached hydrogens (tertiary/aromatic N) is 1. The molecule has 4 nitrogen and oxygen atoms in total. The number of ether oxygens (including phenoxy) is 1. The summed E-state index contributed by atoms with van der Waals surface area (Å²) in [5, 5.41) is 0. The summed E-state index contributed by atoms with van der Waals surface area (Å²) in [7, 11) is 0. The summed E-state index contributed by atoms with van der Waals surface area (Å²) in [4.78, 5) is 14.1. The van der Waals surface area contributed by atoms with Crippen molar-refractivity contribution in [1.29, 1.82) is 0 Å². The van der Waals surface area contributed by atoms with Gasteiger partial charge in [0.2, 0.25) is 0 Å². The Kier molecular flexibility index (Phi) is 5.41. The molecule has 0 aromatic heterocycles. The number of likely N-dealkylation sites (tertiary alicyclic amines) is 1. The summed E-state index contributed by atoms with van der Waals surface area (Å²) in [6, 6.07) is 8.08. The van der Waals surface area contributed by atoms with Gasteiger partial charge in [0.05, 0.1) is 0 Å². The Labute approximate surface area is 120 Å². The minimum atomic E-state index is 0.0414. The maximum absolute atomic E-state index is 12.2. The minimum Gasteiger partial charge on any atom is -0.484 e. The zero-order chi connectivity index (χ0) is 14.4. The van der Waals surface area contributed by atoms with Crippen LogP contribution in [-0.4, -0.2) is 36.5 Å². The second-order valence-corrected chi connectivity index (χ2v) is 5.26. The molecule has 0 radical (unpaired) electrons. The fraction of sp³-hybridized carbons (Fsp3) is 0.562. The molecule has 1 fully saturated rings. The molecular weight excluding hydrogens is 252 g/mol. The zero-order valence-corrected chi connectivity index (χ0v) is 12.2. The van der Waals surface area contributed by atoms with Crippen LogP contribution in [-0.2, 0) is 11.2 Å². The van der Waals surface area contributed by atoms with Crippen molar-refractivity contribution >= 4 is 5.91 Å². The summed E-state index contributed by atoms with van der Waals surface area (Å²) in [5.41, 5.74) is 7.00. The lowest BCUT2D eigenvalue weighted by Crippen LogP contribution is -2.49. The molecule has 2 rings (SSSR count). The van der Waals surface area contributed by atoms with Crippen LogP contribution in [0.25, 0.3) is 0 Å². The lowest BCUT2D eigenvalue weighted by atomic mass is 10.0. The quantitative estimate of drug-likeness (QED) is 0.894. The summed E-state index contributed by atoms with van der Waals surface area (Å²) in [6.45, 7) is 3.56. The van der Waals surface area contributed by atoms with E-state index in [-0.39, 0.29) is 18.6 Å². The van der Waals surface area contributed by atoms with Crippen molar-refractivity contribution in [2.24, 2.45) is 5.73 Å². The second kappa shape index (κ2) is 7.29. The Morgan fingerprint density at radius 3 is 2.75 bits per heavy atom. The van der Waals surface area contributed by atoms with E-state index in [4.69, 9.17) is 10.5 Å². The Bertz CT molecular complexity index is 431. The monoisotopic (exact) mass is 276 g/mol. The summed E-state index contributed by atoms with van der Waals surface area (Å²) in [6.07, 6.45) is 4.23. The zero-order valence-electron chi connectivity index (χ0n) is 12.2. The average Bonchev–Trinajstić information content (AvgIpc) is 2.53. The molecule has 1 heterocycles. The molecule has 0 saturated carbocycles. The van der Waals surface area contributed by atoms with Gasteiger partial charge in [-0.1, -0.05) is 19.1 Å². The molecule has 1 amide bonds. The minimum absolute atomic E-state index is 0.0414. The molecule has 2 N–H and O–H groups in total. The molecule has 20 heavy (non-hydrogen) atoms. The molecule has 0 bridgehead atoms. The van der Waals surface area contributed by atoms with Gasteiger partial charge in [-0.2, -0.15) is 0 Å². The van der Waals surface area contributed by atoms with Crippen molar-refractivity contribution in [2.75, 3.05) is 19.7 Å². The van der Waals surface area contributed by atoms with Crippen molar-refractivity contribution in [2.45, 2.75) is 38.6 Å². The fourth-order valence-corrected chi connectivity index (χ4v) is 2.62. The maximum Gasteiger partial charge on any atom is 0.260 e. The van der Waals surface area contributed by atoms with E-state index in [1.54, 1.807) is 0 Å². The number of aryl methyl sites for hydroxylation is 1. The van der Waals surface area contributed by atoms with Gasteiger partial charge in [-0.25, -0.2) is 0 Å². The molecule has 1 aliphatic heterocycles. The van der Waals surface area contributed by atoms with E-state index in [1.807, 2.05) is 29.2 Å². The van der Waals surface area contributed by atoms with Crippen LogP contribution in [0.2, 0.25) is 0 Å². The van der Waals surface area contributed by atoms with Gasteiger partial charge in [0.25, 0.3) is 5.91 Å². The number of nitrogens with two attached hydrogens (primary N) is 1. The number of carbonyl (C=O) groups excluding carboxylic acids is 1. The van der Waals surface area contributed by atoms with Gasteiger partial charge in [0.15, 0.2) is 6.61 Å². The van der Waals surface area contributed by atoms with E-state index in [0.717, 1.165) is 38.0 Å². The van der Waals surface area contributed by atoms with E-state index in [9.17, 15) is 4.79 Å². The van der Waals surface area contributed by atoms with Crippen molar-refractivity contribution in [1.82, 2.24) is 4.90 Å². The number of carbonyl (C=O) groups is 1. The number of hydrogen-bond acceptors (Lipinski definition) is 3. The van der Waals surface area contributed by atoms with Crippen molar-refractivity contribution in [3.8, 4) is 5.75 Å². The molecule has 0 aliphatic carbocycles. The Hall–Kier alpha value is -1.55. The first-order valence-electron chi connectivity index (χ1n) is 7.46. The topological polar surface area (TPSA) is 55.6 Å². The van der Waals surface area contributed by atoms with Gasteiger partial charge in [0.1, 0.15) is 5.75 Å². The molecule has 4 heteroatoms. The first kappa shape index (κ1) is 14.9. The van der Waals surface area contributed by atoms with E-state index < -0.39 is 0 Å². The fourth-order valence-electron chi connectivity index (χ4n) is 2.62. The molecule has 1 saturated heterocycles. The summed E-state index contributed by atoms with van der Waals surface area (Å²) in [5.74, 6) is 0.788. The standard InChI is InChI=1S/C16H24N2O2/c1-2-13-6-8-15(9-7-13)20-12-16(19)18-10-4-3-5-14(18)11-17/h6-9,14H,2-5,10-12,17H2,1H3. The molecular formula is C16H24N2O2. The van der Waals surface area contributed by atoms with E-state index in [1.165, 1.54) is 5.56 Å². The van der Waals surface area contributed by atoms with Crippen LogP contribution in [0.4, 0.5) is 0 Å². The average molecular weight is 276 g/mol. The van der Waals surface area contributed by atoms with E-state index in [0.29, 0.717) is 6.54 Å². The lowest BCUT2D eigenvalue weighted by molar-refractivity contribution is -0.136. The van der Waals surface area contributed by atoms with Crippen LogP contribution in [0, 0.1) is 0 Å². The van der Waals surface area contributed by atoms with Gasteiger partial charge >= 0.3 is 0 Å². The molecule has 1 unspecified atom stereocenters. The van der Waals surface area contributed by atoms with Gasteiger partial charge < -0.3 is 15.4 Å². The number of piperidine rings is 1.